The van der Waals surface area contributed by atoms with Crippen LogP contribution < -0.4 is 0 Å². The summed E-state index contributed by atoms with van der Waals surface area (Å²) in [5.41, 5.74) is 1.04. The molecular weight excluding hydrogens is 186 g/mol. The number of fused-ring (bicyclic) bond motifs is 1. The average molecular weight is 193 g/mol. The molecule has 0 saturated heterocycles. The van der Waals surface area contributed by atoms with Crippen LogP contribution >= 0.6 is 24.8 Å². The molecular formula is C9H7NS2. The topological polar surface area (TPSA) is 15.8 Å². The van der Waals surface area contributed by atoms with Crippen LogP contribution in [0.2, 0.25) is 0 Å². The Labute approximate surface area is 80.8 Å². The normalized spacial score (nSPS) is 10.4. The first-order valence-corrected chi connectivity index (χ1v) is 4.43. The summed E-state index contributed by atoms with van der Waals surface area (Å²) in [4.78, 5) is 4.06. The maximum Gasteiger partial charge on any atom is 0.0484 e. The fourth-order valence-electron chi connectivity index (χ4n) is 1.16. The number of aromatic nitrogens is 1. The number of nitrogens with one attached hydrogen (secondary N) is 1. The Hall–Kier alpha value is -0.800. The molecule has 2 aromatic rings. The van der Waals surface area contributed by atoms with E-state index in [9.17, 15) is 0 Å². The molecule has 1 aromatic heterocycles. The summed E-state index contributed by atoms with van der Waals surface area (Å²) >= 11 is 9.39. The summed E-state index contributed by atoms with van der Waals surface area (Å²) in [7, 11) is 0. The molecule has 12 heavy (non-hydrogen) atoms. The molecule has 0 radical (unpaired) electrons. The zero-order chi connectivity index (χ0) is 8.55. The van der Waals surface area contributed by atoms with Crippen LogP contribution in [0.4, 0.5) is 0 Å². The van der Waals surface area contributed by atoms with Crippen molar-refractivity contribution in [1.82, 2.24) is 4.98 Å². The highest BCUT2D eigenvalue weighted by Crippen LogP contribution is 2.16. The van der Waals surface area contributed by atoms with E-state index in [0.717, 1.165) is 20.3 Å². The molecule has 0 fully saturated rings. The summed E-state index contributed by atoms with van der Waals surface area (Å²) in [5, 5.41) is 1.07. The molecule has 3 heteroatoms. The number of hydrogen-bond acceptors (Lipinski definition) is 2. The number of hydrogen-bond donors (Lipinski definition) is 2. The Balaban J connectivity index is 2.96. The predicted octanol–water partition coefficient (Wildman–Crippen LogP) is 3.19. The quantitative estimate of drug-likeness (QED) is 0.485. The van der Waals surface area contributed by atoms with Gasteiger partial charge in [-0.1, -0.05) is 18.3 Å². The number of H-pyrrole nitrogens is 1. The molecule has 0 amide bonds. The number of thiol groups is 1. The molecule has 0 spiro atoms. The van der Waals surface area contributed by atoms with Gasteiger partial charge in [0.05, 0.1) is 0 Å². The lowest BCUT2D eigenvalue weighted by Crippen LogP contribution is -1.78. The smallest absolute Gasteiger partial charge is 0.0484 e. The highest BCUT2D eigenvalue weighted by molar-refractivity contribution is 7.80. The van der Waals surface area contributed by atoms with Crippen molar-refractivity contribution in [3.63, 3.8) is 0 Å². The first-order valence-electron chi connectivity index (χ1n) is 3.58. The van der Waals surface area contributed by atoms with E-state index in [0.29, 0.717) is 0 Å². The van der Waals surface area contributed by atoms with Crippen molar-refractivity contribution in [2.24, 2.45) is 0 Å². The molecule has 0 bridgehead atoms. The van der Waals surface area contributed by atoms with E-state index in [1.165, 1.54) is 0 Å². The highest BCUT2D eigenvalue weighted by Gasteiger charge is 1.93. The van der Waals surface area contributed by atoms with Crippen molar-refractivity contribution < 1.29 is 0 Å². The maximum atomic E-state index is 5.15. The van der Waals surface area contributed by atoms with Crippen molar-refractivity contribution in [2.45, 2.75) is 4.90 Å². The first kappa shape index (κ1) is 7.83. The van der Waals surface area contributed by atoms with Crippen molar-refractivity contribution in [3.8, 4) is 0 Å². The van der Waals surface area contributed by atoms with Crippen LogP contribution in [-0.2, 0) is 0 Å². The Morgan fingerprint density at radius 1 is 1.25 bits per heavy atom. The van der Waals surface area contributed by atoms with Gasteiger partial charge in [0.15, 0.2) is 0 Å². The second-order valence-electron chi connectivity index (χ2n) is 2.57. The lowest BCUT2D eigenvalue weighted by Gasteiger charge is -1.97. The van der Waals surface area contributed by atoms with Crippen molar-refractivity contribution in [2.75, 3.05) is 0 Å². The Morgan fingerprint density at radius 3 is 2.92 bits per heavy atom. The highest BCUT2D eigenvalue weighted by atomic mass is 32.1. The third-order valence-corrected chi connectivity index (χ3v) is 2.38. The zero-order valence-corrected chi connectivity index (χ0v) is 7.95. The molecule has 2 rings (SSSR count). The molecule has 0 aliphatic carbocycles. The minimum atomic E-state index is 0.872. The van der Waals surface area contributed by atoms with Gasteiger partial charge in [-0.05, 0) is 18.2 Å². The number of pyridine rings is 1. The van der Waals surface area contributed by atoms with Gasteiger partial charge in [-0.25, -0.2) is 0 Å². The molecule has 0 atom stereocenters. The summed E-state index contributed by atoms with van der Waals surface area (Å²) < 4.78 is 0.872. The van der Waals surface area contributed by atoms with E-state index < -0.39 is 0 Å². The van der Waals surface area contributed by atoms with Gasteiger partial charge in [0.25, 0.3) is 0 Å². The summed E-state index contributed by atoms with van der Waals surface area (Å²) in [6.45, 7) is 0. The van der Waals surface area contributed by atoms with E-state index in [4.69, 9.17) is 12.2 Å². The standard InChI is InChI=1S/C9H7NS2/c11-6-1-2-7-8(5-6)10-4-3-9(7)12/h1-5,11H,(H,10,12). The zero-order valence-electron chi connectivity index (χ0n) is 6.24. The monoisotopic (exact) mass is 193 g/mol. The lowest BCUT2D eigenvalue weighted by molar-refractivity contribution is 1.38. The van der Waals surface area contributed by atoms with Crippen LogP contribution in [0.1, 0.15) is 0 Å². The van der Waals surface area contributed by atoms with Crippen LogP contribution in [0, 0.1) is 4.51 Å². The van der Waals surface area contributed by atoms with Gasteiger partial charge in [0.2, 0.25) is 0 Å². The van der Waals surface area contributed by atoms with Gasteiger partial charge in [0.1, 0.15) is 0 Å². The van der Waals surface area contributed by atoms with Crippen LogP contribution in [0.5, 0.6) is 0 Å². The van der Waals surface area contributed by atoms with E-state index >= 15 is 0 Å². The van der Waals surface area contributed by atoms with Crippen LogP contribution in [0.3, 0.4) is 0 Å². The molecule has 0 aliphatic rings. The van der Waals surface area contributed by atoms with Gasteiger partial charge in [0, 0.05) is 26.5 Å². The van der Waals surface area contributed by atoms with Crippen molar-refractivity contribution in [3.05, 3.63) is 35.0 Å². The minimum Gasteiger partial charge on any atom is -0.361 e. The SMILES string of the molecule is S=c1cc[nH]c2cc(S)ccc12. The van der Waals surface area contributed by atoms with E-state index in [2.05, 4.69) is 17.6 Å². The Kier molecular flexibility index (Phi) is 1.90. The number of benzene rings is 1. The van der Waals surface area contributed by atoms with Crippen molar-refractivity contribution in [1.29, 1.82) is 0 Å². The number of aromatic amines is 1. The predicted molar refractivity (Wildman–Crippen MR) is 56.4 cm³/mol. The van der Waals surface area contributed by atoms with Gasteiger partial charge in [-0.15, -0.1) is 12.6 Å². The number of rotatable bonds is 0. The van der Waals surface area contributed by atoms with Crippen LogP contribution in [-0.4, -0.2) is 4.98 Å². The van der Waals surface area contributed by atoms with Crippen molar-refractivity contribution >= 4 is 35.7 Å². The Bertz CT molecular complexity index is 473. The molecule has 0 unspecified atom stereocenters. The summed E-state index contributed by atoms with van der Waals surface area (Å²) in [6, 6.07) is 7.77. The van der Waals surface area contributed by atoms with Gasteiger partial charge < -0.3 is 4.98 Å². The second-order valence-corrected chi connectivity index (χ2v) is 3.53. The molecule has 60 valence electrons. The average Bonchev–Trinajstić information content (AvgIpc) is 2.04. The second kappa shape index (κ2) is 2.92. The largest absolute Gasteiger partial charge is 0.361 e. The fraction of sp³-hybridized carbons (Fsp3) is 0. The van der Waals surface area contributed by atoms with Gasteiger partial charge in [-0.2, -0.15) is 0 Å². The van der Waals surface area contributed by atoms with E-state index in [-0.39, 0.29) is 0 Å². The van der Waals surface area contributed by atoms with E-state index in [1.54, 1.807) is 0 Å². The minimum absolute atomic E-state index is 0.872. The molecule has 1 N–H and O–H groups in total. The summed E-state index contributed by atoms with van der Waals surface area (Å²) in [6.07, 6.45) is 1.85. The van der Waals surface area contributed by atoms with Crippen LogP contribution in [0.15, 0.2) is 35.4 Å². The molecule has 1 aromatic carbocycles. The molecule has 0 aliphatic heterocycles. The lowest BCUT2D eigenvalue weighted by atomic mass is 10.2. The Morgan fingerprint density at radius 2 is 2.08 bits per heavy atom. The maximum absolute atomic E-state index is 5.15. The van der Waals surface area contributed by atoms with Crippen LogP contribution in [0.25, 0.3) is 10.9 Å². The van der Waals surface area contributed by atoms with E-state index in [1.807, 2.05) is 30.5 Å². The first-order chi connectivity index (χ1) is 5.77. The molecule has 1 nitrogen and oxygen atoms in total. The third-order valence-electron chi connectivity index (χ3n) is 1.74. The molecule has 0 saturated carbocycles. The fourth-order valence-corrected chi connectivity index (χ4v) is 1.61. The molecule has 1 heterocycles. The third kappa shape index (κ3) is 1.26. The summed E-state index contributed by atoms with van der Waals surface area (Å²) in [5.74, 6) is 0. The van der Waals surface area contributed by atoms with Gasteiger partial charge in [-0.3, -0.25) is 0 Å². The van der Waals surface area contributed by atoms with Gasteiger partial charge >= 0.3 is 0 Å².